The average Bonchev–Trinajstić information content (AvgIpc) is 2.39. The van der Waals surface area contributed by atoms with Crippen LogP contribution in [-0.2, 0) is 4.74 Å². The Balaban J connectivity index is 2.73. The first kappa shape index (κ1) is 8.00. The topological polar surface area (TPSA) is 74.2 Å². The van der Waals surface area contributed by atoms with E-state index in [1.165, 1.54) is 0 Å². The fourth-order valence-corrected chi connectivity index (χ4v) is 0.820. The molecule has 5 heteroatoms. The number of ether oxygens (including phenoxy) is 1. The molecule has 0 bridgehead atoms. The molecule has 11 heavy (non-hydrogen) atoms. The van der Waals surface area contributed by atoms with Gasteiger partial charge in [0.15, 0.2) is 0 Å². The van der Waals surface area contributed by atoms with Crippen molar-refractivity contribution in [1.82, 2.24) is 10.1 Å². The molecule has 0 radical (unpaired) electrons. The molecule has 5 nitrogen and oxygen atoms in total. The minimum atomic E-state index is -0.139. The van der Waals surface area contributed by atoms with Crippen LogP contribution >= 0.6 is 0 Å². The van der Waals surface area contributed by atoms with Gasteiger partial charge in [0, 0.05) is 7.11 Å². The fourth-order valence-electron chi connectivity index (χ4n) is 0.820. The van der Waals surface area contributed by atoms with Gasteiger partial charge in [-0.05, 0) is 11.6 Å². The molecular weight excluding hydrogens is 146 g/mol. The number of nitrogen functional groups attached to an aromatic ring is 1. The number of nitrogens with zero attached hydrogens (tertiary/aromatic N) is 2. The van der Waals surface area contributed by atoms with Crippen LogP contribution in [0, 0.1) is 0 Å². The van der Waals surface area contributed by atoms with E-state index in [1.807, 2.05) is 6.92 Å². The maximum atomic E-state index is 5.25. The molecule has 0 fully saturated rings. The van der Waals surface area contributed by atoms with Crippen molar-refractivity contribution >= 4 is 5.95 Å². The van der Waals surface area contributed by atoms with E-state index in [4.69, 9.17) is 15.0 Å². The van der Waals surface area contributed by atoms with Crippen molar-refractivity contribution < 1.29 is 9.26 Å². The zero-order valence-corrected chi connectivity index (χ0v) is 6.57. The van der Waals surface area contributed by atoms with Crippen LogP contribution in [0.1, 0.15) is 25.3 Å². The smallest absolute Gasteiger partial charge is 0.260 e. The minimum Gasteiger partial charge on any atom is -0.372 e. The number of aromatic nitrogens is 2. The van der Waals surface area contributed by atoms with Crippen molar-refractivity contribution in [3.05, 3.63) is 5.89 Å². The van der Waals surface area contributed by atoms with Crippen LogP contribution in [0.5, 0.6) is 0 Å². The summed E-state index contributed by atoms with van der Waals surface area (Å²) in [6, 6.07) is 0. The summed E-state index contributed by atoms with van der Waals surface area (Å²) in [5.74, 6) is 0.586. The van der Waals surface area contributed by atoms with Gasteiger partial charge in [0.2, 0.25) is 0 Å². The molecule has 1 heterocycles. The van der Waals surface area contributed by atoms with E-state index in [1.54, 1.807) is 7.11 Å². The third-order valence-electron chi connectivity index (χ3n) is 1.39. The van der Waals surface area contributed by atoms with Gasteiger partial charge in [-0.3, -0.25) is 0 Å². The second kappa shape index (κ2) is 3.34. The lowest BCUT2D eigenvalue weighted by Crippen LogP contribution is -2.00. The molecule has 0 spiro atoms. The Morgan fingerprint density at radius 2 is 2.45 bits per heavy atom. The lowest BCUT2D eigenvalue weighted by atomic mass is 10.3. The number of methoxy groups -OCH3 is 1. The second-order valence-electron chi connectivity index (χ2n) is 2.12. The average molecular weight is 157 g/mol. The van der Waals surface area contributed by atoms with Crippen LogP contribution in [0.25, 0.3) is 0 Å². The van der Waals surface area contributed by atoms with Crippen molar-refractivity contribution in [3.63, 3.8) is 0 Å². The van der Waals surface area contributed by atoms with E-state index >= 15 is 0 Å². The largest absolute Gasteiger partial charge is 0.372 e. The van der Waals surface area contributed by atoms with Gasteiger partial charge in [-0.1, -0.05) is 6.92 Å². The van der Waals surface area contributed by atoms with E-state index in [0.717, 1.165) is 6.42 Å². The summed E-state index contributed by atoms with van der Waals surface area (Å²) < 4.78 is 9.84. The first-order valence-corrected chi connectivity index (χ1v) is 3.39. The zero-order valence-electron chi connectivity index (χ0n) is 6.57. The Labute approximate surface area is 64.5 Å². The third kappa shape index (κ3) is 1.68. The van der Waals surface area contributed by atoms with Gasteiger partial charge in [0.05, 0.1) is 0 Å². The minimum absolute atomic E-state index is 0.139. The summed E-state index contributed by atoms with van der Waals surface area (Å²) >= 11 is 0. The molecule has 0 amide bonds. The summed E-state index contributed by atoms with van der Waals surface area (Å²) in [7, 11) is 1.59. The summed E-state index contributed by atoms with van der Waals surface area (Å²) in [6.07, 6.45) is 0.651. The zero-order chi connectivity index (χ0) is 8.27. The maximum Gasteiger partial charge on any atom is 0.260 e. The summed E-state index contributed by atoms with van der Waals surface area (Å²) in [6.45, 7) is 1.97. The van der Waals surface area contributed by atoms with Gasteiger partial charge in [-0.15, -0.1) is 0 Å². The van der Waals surface area contributed by atoms with Crippen molar-refractivity contribution in [2.75, 3.05) is 12.8 Å². The Kier molecular flexibility index (Phi) is 2.43. The highest BCUT2D eigenvalue weighted by Crippen LogP contribution is 2.17. The molecule has 1 atom stereocenters. The van der Waals surface area contributed by atoms with E-state index < -0.39 is 0 Å². The SMILES string of the molecule is CCC(OC)c1nc(N)no1. The Hall–Kier alpha value is -1.10. The van der Waals surface area contributed by atoms with Crippen molar-refractivity contribution in [2.45, 2.75) is 19.4 Å². The van der Waals surface area contributed by atoms with Crippen LogP contribution in [0.3, 0.4) is 0 Å². The first-order valence-electron chi connectivity index (χ1n) is 3.39. The van der Waals surface area contributed by atoms with E-state index in [-0.39, 0.29) is 12.1 Å². The molecule has 1 aromatic rings. The maximum absolute atomic E-state index is 5.25. The van der Waals surface area contributed by atoms with E-state index in [9.17, 15) is 0 Å². The molecule has 0 aromatic carbocycles. The molecule has 1 aromatic heterocycles. The molecule has 2 N–H and O–H groups in total. The quantitative estimate of drug-likeness (QED) is 0.700. The van der Waals surface area contributed by atoms with Crippen LogP contribution in [0.2, 0.25) is 0 Å². The molecule has 1 unspecified atom stereocenters. The molecular formula is C6H11N3O2. The number of rotatable bonds is 3. The number of nitrogens with two attached hydrogens (primary N) is 1. The highest BCUT2D eigenvalue weighted by Gasteiger charge is 2.14. The predicted molar refractivity (Wildman–Crippen MR) is 38.8 cm³/mol. The van der Waals surface area contributed by atoms with Crippen molar-refractivity contribution in [1.29, 1.82) is 0 Å². The van der Waals surface area contributed by atoms with Gasteiger partial charge in [0.1, 0.15) is 6.10 Å². The standard InChI is InChI=1S/C6H11N3O2/c1-3-4(10-2)5-8-6(7)9-11-5/h4H,3H2,1-2H3,(H2,7,9). The lowest BCUT2D eigenvalue weighted by Gasteiger charge is -2.05. The highest BCUT2D eigenvalue weighted by molar-refractivity contribution is 5.11. The highest BCUT2D eigenvalue weighted by atomic mass is 16.5. The van der Waals surface area contributed by atoms with Crippen molar-refractivity contribution in [2.24, 2.45) is 0 Å². The van der Waals surface area contributed by atoms with E-state index in [2.05, 4.69) is 10.1 Å². The van der Waals surface area contributed by atoms with Crippen LogP contribution < -0.4 is 5.73 Å². The first-order chi connectivity index (χ1) is 5.27. The van der Waals surface area contributed by atoms with Gasteiger partial charge < -0.3 is 15.0 Å². The molecule has 62 valence electrons. The Morgan fingerprint density at radius 1 is 1.73 bits per heavy atom. The molecule has 0 aliphatic carbocycles. The normalized spacial score (nSPS) is 13.3. The predicted octanol–water partition coefficient (Wildman–Crippen LogP) is 0.749. The summed E-state index contributed by atoms with van der Waals surface area (Å²) in [5, 5.41) is 3.45. The second-order valence-corrected chi connectivity index (χ2v) is 2.12. The van der Waals surface area contributed by atoms with Crippen LogP contribution in [-0.4, -0.2) is 17.3 Å². The summed E-state index contributed by atoms with van der Waals surface area (Å²) in [4.78, 5) is 3.83. The molecule has 0 aliphatic heterocycles. The van der Waals surface area contributed by atoms with Gasteiger partial charge in [-0.25, -0.2) is 0 Å². The van der Waals surface area contributed by atoms with Crippen LogP contribution in [0.4, 0.5) is 5.95 Å². The van der Waals surface area contributed by atoms with Gasteiger partial charge >= 0.3 is 0 Å². The molecule has 0 aliphatic rings. The van der Waals surface area contributed by atoms with Crippen molar-refractivity contribution in [3.8, 4) is 0 Å². The third-order valence-corrected chi connectivity index (χ3v) is 1.39. The van der Waals surface area contributed by atoms with Gasteiger partial charge in [-0.2, -0.15) is 4.98 Å². The van der Waals surface area contributed by atoms with Gasteiger partial charge in [0.25, 0.3) is 11.8 Å². The lowest BCUT2D eigenvalue weighted by molar-refractivity contribution is 0.0706. The molecule has 0 saturated carbocycles. The monoisotopic (exact) mass is 157 g/mol. The fraction of sp³-hybridized carbons (Fsp3) is 0.667. The Bertz CT molecular complexity index is 219. The molecule has 1 rings (SSSR count). The van der Waals surface area contributed by atoms with Crippen LogP contribution in [0.15, 0.2) is 4.52 Å². The summed E-state index contributed by atoms with van der Waals surface area (Å²) in [5.41, 5.74) is 5.25. The number of hydrogen-bond acceptors (Lipinski definition) is 5. The van der Waals surface area contributed by atoms with E-state index in [0.29, 0.717) is 5.89 Å². The number of hydrogen-bond donors (Lipinski definition) is 1. The Morgan fingerprint density at radius 3 is 2.82 bits per heavy atom. The number of anilines is 1. The molecule has 0 saturated heterocycles.